The zero-order valence-corrected chi connectivity index (χ0v) is 25.9. The van der Waals surface area contributed by atoms with Gasteiger partial charge in [0.1, 0.15) is 11.4 Å². The van der Waals surface area contributed by atoms with Crippen molar-refractivity contribution in [1.29, 1.82) is 0 Å². The third-order valence-electron chi connectivity index (χ3n) is 7.88. The van der Waals surface area contributed by atoms with E-state index in [2.05, 4.69) is 37.6 Å². The van der Waals surface area contributed by atoms with Crippen molar-refractivity contribution in [3.63, 3.8) is 0 Å². The Hall–Kier alpha value is -3.69. The number of nitrogens with one attached hydrogen (secondary N) is 2. The van der Waals surface area contributed by atoms with Gasteiger partial charge in [-0.15, -0.1) is 0 Å². The second-order valence-electron chi connectivity index (χ2n) is 12.4. The number of likely N-dealkylation sites (tertiary alicyclic amines) is 1. The van der Waals surface area contributed by atoms with Crippen molar-refractivity contribution in [2.75, 3.05) is 31.1 Å². The molecule has 2 N–H and O–H groups in total. The molecule has 3 aromatic rings. The van der Waals surface area contributed by atoms with E-state index in [1.807, 2.05) is 45.2 Å². The zero-order valence-electron chi connectivity index (χ0n) is 25.2. The first kappa shape index (κ1) is 30.8. The average molecular weight is 605 g/mol. The number of piperidine rings is 2. The molecule has 4 heterocycles. The Morgan fingerprint density at radius 2 is 1.67 bits per heavy atom. The summed E-state index contributed by atoms with van der Waals surface area (Å²) in [7, 11) is 0. The summed E-state index contributed by atoms with van der Waals surface area (Å²) in [5.41, 5.74) is 2.97. The van der Waals surface area contributed by atoms with E-state index in [-0.39, 0.29) is 24.1 Å². The third kappa shape index (κ3) is 8.67. The molecule has 5 rings (SSSR count). The summed E-state index contributed by atoms with van der Waals surface area (Å²) in [6.07, 6.45) is 8.59. The van der Waals surface area contributed by atoms with Gasteiger partial charge < -0.3 is 20.3 Å². The minimum atomic E-state index is -0.494. The fraction of sp³-hybridized carbons (Fsp3) is 0.455. The molecule has 1 aromatic carbocycles. The van der Waals surface area contributed by atoms with E-state index in [0.717, 1.165) is 75.4 Å². The number of benzene rings is 1. The molecule has 0 atom stereocenters. The summed E-state index contributed by atoms with van der Waals surface area (Å²) in [6.45, 7) is 9.95. The van der Waals surface area contributed by atoms with Crippen LogP contribution in [0.4, 0.5) is 10.6 Å². The molecule has 228 valence electrons. The second kappa shape index (κ2) is 13.7. The molecule has 0 radical (unpaired) electrons. The number of carbonyl (C=O) groups is 2. The standard InChI is InChI=1S/C33H41ClN6O3/c1-33(2,3)43-32(42)38-27-12-17-40(18-13-27)30-9-6-23(20-36-30)22-39-15-10-26(11-16-39)37-31(41)24-7-8-29(34)28(19-24)25-5-4-14-35-21-25/h4-9,14,19-21,26-27H,10-13,15-18,22H2,1-3H3,(H,37,41)(H,38,42). The van der Waals surface area contributed by atoms with Crippen LogP contribution in [-0.2, 0) is 11.3 Å². The molecule has 2 saturated heterocycles. The topological polar surface area (TPSA) is 99.7 Å². The lowest BCUT2D eigenvalue weighted by Gasteiger charge is -2.34. The monoisotopic (exact) mass is 604 g/mol. The van der Waals surface area contributed by atoms with E-state index in [9.17, 15) is 9.59 Å². The smallest absolute Gasteiger partial charge is 0.407 e. The third-order valence-corrected chi connectivity index (χ3v) is 8.21. The number of carbonyl (C=O) groups excluding carboxylic acids is 2. The van der Waals surface area contributed by atoms with Gasteiger partial charge in [0, 0.05) is 85.1 Å². The van der Waals surface area contributed by atoms with Gasteiger partial charge >= 0.3 is 6.09 Å². The van der Waals surface area contributed by atoms with Crippen molar-refractivity contribution >= 4 is 29.4 Å². The predicted molar refractivity (Wildman–Crippen MR) is 169 cm³/mol. The van der Waals surface area contributed by atoms with Gasteiger partial charge in [-0.3, -0.25) is 14.7 Å². The number of rotatable bonds is 7. The molecule has 2 aliphatic rings. The Kier molecular flexibility index (Phi) is 9.82. The maximum absolute atomic E-state index is 13.0. The van der Waals surface area contributed by atoms with Gasteiger partial charge in [0.15, 0.2) is 0 Å². The Balaban J connectivity index is 1.05. The number of ether oxygens (including phenoxy) is 1. The summed E-state index contributed by atoms with van der Waals surface area (Å²) in [4.78, 5) is 38.7. The van der Waals surface area contributed by atoms with Crippen LogP contribution in [0, 0.1) is 0 Å². The Bertz CT molecular complexity index is 1380. The Labute approximate surface area is 259 Å². The average Bonchev–Trinajstić information content (AvgIpc) is 2.99. The number of pyridine rings is 2. The summed E-state index contributed by atoms with van der Waals surface area (Å²) < 4.78 is 5.39. The predicted octanol–water partition coefficient (Wildman–Crippen LogP) is 5.68. The Morgan fingerprint density at radius 1 is 0.953 bits per heavy atom. The fourth-order valence-electron chi connectivity index (χ4n) is 5.60. The molecule has 0 unspecified atom stereocenters. The van der Waals surface area contributed by atoms with Crippen LogP contribution in [0.1, 0.15) is 62.4 Å². The van der Waals surface area contributed by atoms with Gasteiger partial charge in [-0.2, -0.15) is 0 Å². The highest BCUT2D eigenvalue weighted by Crippen LogP contribution is 2.28. The first-order valence-electron chi connectivity index (χ1n) is 15.1. The highest BCUT2D eigenvalue weighted by atomic mass is 35.5. The molecule has 0 spiro atoms. The van der Waals surface area contributed by atoms with Crippen molar-refractivity contribution in [2.24, 2.45) is 0 Å². The minimum Gasteiger partial charge on any atom is -0.444 e. The zero-order chi connectivity index (χ0) is 30.4. The highest BCUT2D eigenvalue weighted by molar-refractivity contribution is 6.33. The van der Waals surface area contributed by atoms with E-state index >= 15 is 0 Å². The van der Waals surface area contributed by atoms with E-state index < -0.39 is 5.60 Å². The van der Waals surface area contributed by atoms with Gasteiger partial charge in [-0.05, 0) is 82.3 Å². The number of halogens is 1. The van der Waals surface area contributed by atoms with Crippen LogP contribution in [0.25, 0.3) is 11.1 Å². The van der Waals surface area contributed by atoms with Crippen molar-refractivity contribution in [3.8, 4) is 11.1 Å². The number of amides is 2. The Morgan fingerprint density at radius 3 is 2.33 bits per heavy atom. The molecule has 2 fully saturated rings. The molecule has 10 heteroatoms. The molecule has 9 nitrogen and oxygen atoms in total. The molecular formula is C33H41ClN6O3. The van der Waals surface area contributed by atoms with Crippen LogP contribution >= 0.6 is 11.6 Å². The van der Waals surface area contributed by atoms with Gasteiger partial charge in [-0.1, -0.05) is 23.7 Å². The van der Waals surface area contributed by atoms with E-state index in [0.29, 0.717) is 10.6 Å². The van der Waals surface area contributed by atoms with Crippen molar-refractivity contribution in [1.82, 2.24) is 25.5 Å². The van der Waals surface area contributed by atoms with Crippen LogP contribution in [0.2, 0.25) is 5.02 Å². The van der Waals surface area contributed by atoms with Crippen LogP contribution in [0.5, 0.6) is 0 Å². The SMILES string of the molecule is CC(C)(C)OC(=O)NC1CCN(c2ccc(CN3CCC(NC(=O)c4ccc(Cl)c(-c5cccnc5)c4)CC3)cn2)CC1. The van der Waals surface area contributed by atoms with Gasteiger partial charge in [0.25, 0.3) is 5.91 Å². The highest BCUT2D eigenvalue weighted by Gasteiger charge is 2.25. The molecule has 2 amide bonds. The minimum absolute atomic E-state index is 0.0790. The number of hydrogen-bond donors (Lipinski definition) is 2. The number of nitrogens with zero attached hydrogens (tertiary/aromatic N) is 4. The van der Waals surface area contributed by atoms with Crippen LogP contribution in [0.15, 0.2) is 61.1 Å². The molecule has 2 aromatic heterocycles. The summed E-state index contributed by atoms with van der Waals surface area (Å²) in [5.74, 6) is 0.888. The normalized spacial score (nSPS) is 17.0. The lowest BCUT2D eigenvalue weighted by Crippen LogP contribution is -2.46. The summed E-state index contributed by atoms with van der Waals surface area (Å²) >= 11 is 6.41. The number of hydrogen-bond acceptors (Lipinski definition) is 7. The van der Waals surface area contributed by atoms with Crippen molar-refractivity contribution < 1.29 is 14.3 Å². The lowest BCUT2D eigenvalue weighted by atomic mass is 10.0. The second-order valence-corrected chi connectivity index (χ2v) is 12.8. The van der Waals surface area contributed by atoms with Gasteiger partial charge in [0.05, 0.1) is 0 Å². The quantitative estimate of drug-likeness (QED) is 0.358. The van der Waals surface area contributed by atoms with Crippen molar-refractivity contribution in [3.05, 3.63) is 77.2 Å². The summed E-state index contributed by atoms with van der Waals surface area (Å²) in [6, 6.07) is 13.7. The van der Waals surface area contributed by atoms with Crippen molar-refractivity contribution in [2.45, 2.75) is 70.7 Å². The maximum atomic E-state index is 13.0. The fourth-order valence-corrected chi connectivity index (χ4v) is 5.82. The number of alkyl carbamates (subject to hydrolysis) is 1. The molecule has 0 aliphatic carbocycles. The van der Waals surface area contributed by atoms with Crippen LogP contribution < -0.4 is 15.5 Å². The first-order chi connectivity index (χ1) is 20.6. The number of anilines is 1. The van der Waals surface area contributed by atoms with E-state index in [1.165, 1.54) is 5.56 Å². The molecule has 2 aliphatic heterocycles. The molecule has 43 heavy (non-hydrogen) atoms. The molecule has 0 saturated carbocycles. The largest absolute Gasteiger partial charge is 0.444 e. The van der Waals surface area contributed by atoms with Gasteiger partial charge in [0.2, 0.25) is 0 Å². The summed E-state index contributed by atoms with van der Waals surface area (Å²) in [5, 5.41) is 6.80. The van der Waals surface area contributed by atoms with Crippen LogP contribution in [-0.4, -0.2) is 70.7 Å². The van der Waals surface area contributed by atoms with Crippen LogP contribution in [0.3, 0.4) is 0 Å². The molecule has 0 bridgehead atoms. The molecular weight excluding hydrogens is 564 g/mol. The van der Waals surface area contributed by atoms with E-state index in [4.69, 9.17) is 21.3 Å². The van der Waals surface area contributed by atoms with E-state index in [1.54, 1.807) is 24.5 Å². The number of aromatic nitrogens is 2. The maximum Gasteiger partial charge on any atom is 0.407 e. The van der Waals surface area contributed by atoms with Gasteiger partial charge in [-0.25, -0.2) is 9.78 Å². The lowest BCUT2D eigenvalue weighted by molar-refractivity contribution is 0.0497. The first-order valence-corrected chi connectivity index (χ1v) is 15.4.